The molecule has 5 heteroatoms. The van der Waals surface area contributed by atoms with Gasteiger partial charge in [0.2, 0.25) is 0 Å². The number of esters is 1. The lowest BCUT2D eigenvalue weighted by molar-refractivity contribution is -0.0499. The molecular formula is C18H12F2O3. The molecule has 0 heterocycles. The predicted octanol–water partition coefficient (Wildman–Crippen LogP) is 4.66. The lowest BCUT2D eigenvalue weighted by atomic mass is 10.1. The van der Waals surface area contributed by atoms with Crippen LogP contribution in [0.2, 0.25) is 0 Å². The van der Waals surface area contributed by atoms with Crippen molar-refractivity contribution in [2.45, 2.75) is 6.61 Å². The van der Waals surface area contributed by atoms with Crippen LogP contribution in [0.1, 0.15) is 10.4 Å². The maximum atomic E-state index is 12.2. The number of rotatable bonds is 4. The first kappa shape index (κ1) is 15.0. The van der Waals surface area contributed by atoms with Gasteiger partial charge >= 0.3 is 12.6 Å². The molecule has 116 valence electrons. The van der Waals surface area contributed by atoms with E-state index in [0.717, 1.165) is 10.8 Å². The molecule has 3 aromatic rings. The molecule has 0 amide bonds. The highest BCUT2D eigenvalue weighted by Crippen LogP contribution is 2.26. The zero-order valence-electron chi connectivity index (χ0n) is 11.9. The molecule has 0 saturated heterocycles. The maximum absolute atomic E-state index is 12.2. The monoisotopic (exact) mass is 314 g/mol. The van der Waals surface area contributed by atoms with Crippen molar-refractivity contribution in [3.8, 4) is 11.5 Å². The van der Waals surface area contributed by atoms with E-state index in [1.54, 1.807) is 12.1 Å². The lowest BCUT2D eigenvalue weighted by Gasteiger charge is -2.09. The molecule has 3 nitrogen and oxygen atoms in total. The number of alkyl halides is 2. The van der Waals surface area contributed by atoms with Crippen molar-refractivity contribution in [3.63, 3.8) is 0 Å². The first-order chi connectivity index (χ1) is 11.1. The van der Waals surface area contributed by atoms with E-state index in [2.05, 4.69) is 4.74 Å². The summed E-state index contributed by atoms with van der Waals surface area (Å²) in [5, 5.41) is 1.73. The summed E-state index contributed by atoms with van der Waals surface area (Å²) in [6, 6.07) is 18.3. The number of carbonyl (C=O) groups excluding carboxylic acids is 1. The Balaban J connectivity index is 1.86. The molecule has 0 aliphatic heterocycles. The maximum Gasteiger partial charge on any atom is 0.387 e. The van der Waals surface area contributed by atoms with E-state index in [0.29, 0.717) is 5.75 Å². The molecule has 0 fully saturated rings. The second-order valence-corrected chi connectivity index (χ2v) is 4.77. The average molecular weight is 314 g/mol. The smallest absolute Gasteiger partial charge is 0.387 e. The van der Waals surface area contributed by atoms with Gasteiger partial charge in [-0.25, -0.2) is 4.79 Å². The molecule has 3 rings (SSSR count). The van der Waals surface area contributed by atoms with Crippen LogP contribution in [0.5, 0.6) is 11.5 Å². The summed E-state index contributed by atoms with van der Waals surface area (Å²) in [4.78, 5) is 12.2. The molecule has 0 spiro atoms. The molecule has 0 saturated carbocycles. The van der Waals surface area contributed by atoms with Crippen LogP contribution in [0.15, 0.2) is 66.7 Å². The third-order valence-corrected chi connectivity index (χ3v) is 3.25. The average Bonchev–Trinajstić information content (AvgIpc) is 2.55. The molecule has 0 unspecified atom stereocenters. The quantitative estimate of drug-likeness (QED) is 0.519. The van der Waals surface area contributed by atoms with E-state index in [9.17, 15) is 13.6 Å². The van der Waals surface area contributed by atoms with Crippen molar-refractivity contribution < 1.29 is 23.0 Å². The van der Waals surface area contributed by atoms with Gasteiger partial charge < -0.3 is 9.47 Å². The van der Waals surface area contributed by atoms with Gasteiger partial charge in [0.1, 0.15) is 11.5 Å². The number of benzene rings is 3. The Morgan fingerprint density at radius 3 is 2.48 bits per heavy atom. The second-order valence-electron chi connectivity index (χ2n) is 4.77. The molecule has 0 aromatic heterocycles. The Morgan fingerprint density at radius 1 is 0.913 bits per heavy atom. The van der Waals surface area contributed by atoms with Crippen LogP contribution in [0.25, 0.3) is 10.8 Å². The van der Waals surface area contributed by atoms with Gasteiger partial charge in [-0.05, 0) is 29.7 Å². The predicted molar refractivity (Wildman–Crippen MR) is 82.0 cm³/mol. The van der Waals surface area contributed by atoms with Gasteiger partial charge in [0.25, 0.3) is 0 Å². The van der Waals surface area contributed by atoms with Gasteiger partial charge in [0.05, 0.1) is 5.56 Å². The molecule has 3 aromatic carbocycles. The van der Waals surface area contributed by atoms with Crippen molar-refractivity contribution in [2.24, 2.45) is 0 Å². The first-order valence-electron chi connectivity index (χ1n) is 6.88. The molecule has 0 N–H and O–H groups in total. The summed E-state index contributed by atoms with van der Waals surface area (Å²) < 4.78 is 34.1. The molecular weight excluding hydrogens is 302 g/mol. The number of ether oxygens (including phenoxy) is 2. The first-order valence-corrected chi connectivity index (χ1v) is 6.88. The molecule has 0 atom stereocenters. The SMILES string of the molecule is O=C(Oc1cccc2ccccc12)c1cccc(OC(F)F)c1. The number of fused-ring (bicyclic) bond motifs is 1. The van der Waals surface area contributed by atoms with Crippen LogP contribution in [0.3, 0.4) is 0 Å². The highest BCUT2D eigenvalue weighted by Gasteiger charge is 2.13. The van der Waals surface area contributed by atoms with E-state index in [1.807, 2.05) is 30.3 Å². The molecule has 0 bridgehead atoms. The van der Waals surface area contributed by atoms with Gasteiger partial charge in [-0.2, -0.15) is 8.78 Å². The van der Waals surface area contributed by atoms with Gasteiger partial charge in [0.15, 0.2) is 0 Å². The second kappa shape index (κ2) is 6.44. The molecule has 0 aliphatic carbocycles. The van der Waals surface area contributed by atoms with E-state index in [4.69, 9.17) is 4.74 Å². The highest BCUT2D eigenvalue weighted by molar-refractivity contribution is 5.95. The highest BCUT2D eigenvalue weighted by atomic mass is 19.3. The minimum atomic E-state index is -2.95. The van der Waals surface area contributed by atoms with Crippen LogP contribution in [0, 0.1) is 0 Å². The Bertz CT molecular complexity index is 841. The lowest BCUT2D eigenvalue weighted by Crippen LogP contribution is -2.09. The van der Waals surface area contributed by atoms with Crippen LogP contribution in [0.4, 0.5) is 8.78 Å². The van der Waals surface area contributed by atoms with Crippen LogP contribution < -0.4 is 9.47 Å². The number of hydrogen-bond acceptors (Lipinski definition) is 3. The van der Waals surface area contributed by atoms with Crippen LogP contribution in [-0.4, -0.2) is 12.6 Å². The third kappa shape index (κ3) is 3.45. The third-order valence-electron chi connectivity index (χ3n) is 3.25. The van der Waals surface area contributed by atoms with Gasteiger partial charge in [-0.15, -0.1) is 0 Å². The van der Waals surface area contributed by atoms with Gasteiger partial charge in [-0.1, -0.05) is 42.5 Å². The summed E-state index contributed by atoms with van der Waals surface area (Å²) in [5.41, 5.74) is 0.135. The van der Waals surface area contributed by atoms with Crippen molar-refractivity contribution in [3.05, 3.63) is 72.3 Å². The van der Waals surface area contributed by atoms with E-state index >= 15 is 0 Å². The van der Waals surface area contributed by atoms with Crippen molar-refractivity contribution >= 4 is 16.7 Å². The largest absolute Gasteiger partial charge is 0.435 e. The summed E-state index contributed by atoms with van der Waals surface area (Å²) in [6.45, 7) is -2.95. The normalized spacial score (nSPS) is 10.7. The Labute approximate surface area is 131 Å². The minimum Gasteiger partial charge on any atom is -0.435 e. The fourth-order valence-corrected chi connectivity index (χ4v) is 2.24. The van der Waals surface area contributed by atoms with Gasteiger partial charge in [-0.3, -0.25) is 0 Å². The summed E-state index contributed by atoms with van der Waals surface area (Å²) >= 11 is 0. The van der Waals surface area contributed by atoms with Crippen molar-refractivity contribution in [2.75, 3.05) is 0 Å². The van der Waals surface area contributed by atoms with E-state index in [-0.39, 0.29) is 11.3 Å². The van der Waals surface area contributed by atoms with Crippen molar-refractivity contribution in [1.82, 2.24) is 0 Å². The summed E-state index contributed by atoms with van der Waals surface area (Å²) in [6.07, 6.45) is 0. The number of hydrogen-bond donors (Lipinski definition) is 0. The van der Waals surface area contributed by atoms with E-state index in [1.165, 1.54) is 24.3 Å². The van der Waals surface area contributed by atoms with Crippen molar-refractivity contribution in [1.29, 1.82) is 0 Å². The zero-order valence-corrected chi connectivity index (χ0v) is 11.9. The van der Waals surface area contributed by atoms with Crippen LogP contribution in [-0.2, 0) is 0 Å². The fourth-order valence-electron chi connectivity index (χ4n) is 2.24. The zero-order chi connectivity index (χ0) is 16.2. The van der Waals surface area contributed by atoms with Crippen LogP contribution >= 0.6 is 0 Å². The standard InChI is InChI=1S/C18H12F2O3/c19-18(20)22-14-8-3-7-13(11-14)17(21)23-16-10-4-6-12-5-1-2-9-15(12)16/h1-11,18H. The topological polar surface area (TPSA) is 35.5 Å². The fraction of sp³-hybridized carbons (Fsp3) is 0.0556. The summed E-state index contributed by atoms with van der Waals surface area (Å²) in [5.74, 6) is -0.318. The summed E-state index contributed by atoms with van der Waals surface area (Å²) in [7, 11) is 0. The number of carbonyl (C=O) groups is 1. The Hall–Kier alpha value is -2.95. The molecule has 0 radical (unpaired) electrons. The Kier molecular flexibility index (Phi) is 4.19. The minimum absolute atomic E-state index is 0.0904. The Morgan fingerprint density at radius 2 is 1.65 bits per heavy atom. The van der Waals surface area contributed by atoms with E-state index < -0.39 is 12.6 Å². The molecule has 23 heavy (non-hydrogen) atoms. The molecule has 0 aliphatic rings. The van der Waals surface area contributed by atoms with Gasteiger partial charge in [0, 0.05) is 5.39 Å². The number of halogens is 2.